The third kappa shape index (κ3) is 2.06. The Bertz CT molecular complexity index is 939. The smallest absolute Gasteiger partial charge is 0.275 e. The molecule has 0 aliphatic heterocycles. The summed E-state index contributed by atoms with van der Waals surface area (Å²) in [6, 6.07) is 8.78. The first-order valence-electron chi connectivity index (χ1n) is 7.98. The molecule has 2 aromatic carbocycles. The van der Waals surface area contributed by atoms with Gasteiger partial charge in [-0.05, 0) is 17.7 Å². The van der Waals surface area contributed by atoms with Crippen LogP contribution in [0, 0.1) is 0 Å². The van der Waals surface area contributed by atoms with Crippen LogP contribution < -0.4 is 5.48 Å². The number of hydroxylamine groups is 1. The molecule has 1 amide bonds. The van der Waals surface area contributed by atoms with E-state index >= 15 is 0 Å². The fourth-order valence-corrected chi connectivity index (χ4v) is 2.08. The average molecular weight is 270 g/mol. The minimum absolute atomic E-state index is 0.106. The van der Waals surface area contributed by atoms with Gasteiger partial charge in [-0.2, -0.15) is 0 Å². The number of nitrogens with one attached hydrogen (secondary N) is 1. The van der Waals surface area contributed by atoms with E-state index in [0.29, 0.717) is 11.3 Å². The summed E-state index contributed by atoms with van der Waals surface area (Å²) in [6.45, 7) is 0. The summed E-state index contributed by atoms with van der Waals surface area (Å²) < 4.78 is 33.1. The lowest BCUT2D eigenvalue weighted by atomic mass is 10.1. The fraction of sp³-hybridized carbons (Fsp3) is 0.0625. The molecular weight excluding hydrogens is 252 g/mol. The normalized spacial score (nSPS) is 13.4. The van der Waals surface area contributed by atoms with Gasteiger partial charge in [0.25, 0.3) is 0 Å². The van der Waals surface area contributed by atoms with Crippen molar-refractivity contribution < 1.29 is 15.1 Å². The van der Waals surface area contributed by atoms with Crippen LogP contribution in [0.15, 0.2) is 60.6 Å². The molecule has 20 heavy (non-hydrogen) atoms. The van der Waals surface area contributed by atoms with Crippen molar-refractivity contribution in [3.63, 3.8) is 0 Å². The number of carbonyl (C=O) groups excluding carboxylic acids is 1. The highest BCUT2D eigenvalue weighted by atomic mass is 16.6. The average Bonchev–Trinajstić information content (AvgIpc) is 3.00. The molecule has 1 aromatic heterocycles. The van der Waals surface area contributed by atoms with Crippen molar-refractivity contribution in [1.29, 1.82) is 0 Å². The molecule has 100 valence electrons. The topological polar surface area (TPSA) is 43.3 Å². The predicted molar refractivity (Wildman–Crippen MR) is 78.3 cm³/mol. The first-order chi connectivity index (χ1) is 11.5. The summed E-state index contributed by atoms with van der Waals surface area (Å²) in [7, 11) is 1.29. The van der Waals surface area contributed by atoms with Crippen molar-refractivity contribution in [1.82, 2.24) is 10.0 Å². The highest BCUT2D eigenvalue weighted by Gasteiger charge is 2.15. The molecule has 0 aliphatic carbocycles. The minimum Gasteiger partial charge on any atom is -0.275 e. The Morgan fingerprint density at radius 2 is 2.00 bits per heavy atom. The summed E-state index contributed by atoms with van der Waals surface area (Å²) in [6.07, 6.45) is 0. The van der Waals surface area contributed by atoms with Gasteiger partial charge in [0.15, 0.2) is 0 Å². The molecule has 1 N–H and O–H groups in total. The Balaban J connectivity index is 2.44. The van der Waals surface area contributed by atoms with Crippen molar-refractivity contribution in [2.75, 3.05) is 7.11 Å². The molecule has 3 aromatic rings. The molecule has 0 atom stereocenters. The maximum atomic E-state index is 12.4. The zero-order valence-corrected chi connectivity index (χ0v) is 10.7. The zero-order chi connectivity index (χ0) is 17.4. The van der Waals surface area contributed by atoms with Crippen molar-refractivity contribution in [2.45, 2.75) is 0 Å². The molecule has 3 rings (SSSR count). The predicted octanol–water partition coefficient (Wildman–Crippen LogP) is 3.43. The first-order valence-corrected chi connectivity index (χ1v) is 5.98. The SMILES string of the molecule is [2H]c1c([2H])c([2H])c2c(cc(-c3ccccc3)n2C(=O)NOC)c1[2H]. The lowest BCUT2D eigenvalue weighted by Crippen LogP contribution is -2.27. The second kappa shape index (κ2) is 5.19. The van der Waals surface area contributed by atoms with E-state index in [1.807, 2.05) is 6.07 Å². The highest BCUT2D eigenvalue weighted by molar-refractivity contribution is 5.97. The van der Waals surface area contributed by atoms with Crippen LogP contribution >= 0.6 is 0 Å². The van der Waals surface area contributed by atoms with Crippen molar-refractivity contribution >= 4 is 16.9 Å². The monoisotopic (exact) mass is 270 g/mol. The van der Waals surface area contributed by atoms with Crippen molar-refractivity contribution in [3.8, 4) is 11.3 Å². The lowest BCUT2D eigenvalue weighted by molar-refractivity contribution is 0.109. The van der Waals surface area contributed by atoms with E-state index in [4.69, 9.17) is 5.48 Å². The summed E-state index contributed by atoms with van der Waals surface area (Å²) in [5.74, 6) is 0. The highest BCUT2D eigenvalue weighted by Crippen LogP contribution is 2.27. The van der Waals surface area contributed by atoms with Gasteiger partial charge in [0.1, 0.15) is 0 Å². The van der Waals surface area contributed by atoms with E-state index in [0.717, 1.165) is 0 Å². The van der Waals surface area contributed by atoms with Gasteiger partial charge in [-0.1, -0.05) is 48.5 Å². The standard InChI is InChI=1S/C16H14N2O2/c1-20-17-16(19)18-14-10-6-5-9-13(14)11-15(18)12-7-3-2-4-8-12/h2-11H,1H3,(H,17,19)/i5D,6D,9D,10D. The van der Waals surface area contributed by atoms with E-state index in [9.17, 15) is 4.79 Å². The summed E-state index contributed by atoms with van der Waals surface area (Å²) >= 11 is 0. The minimum atomic E-state index is -0.642. The van der Waals surface area contributed by atoms with Gasteiger partial charge in [-0.15, -0.1) is 0 Å². The molecule has 0 radical (unpaired) electrons. The van der Waals surface area contributed by atoms with Gasteiger partial charge in [0.2, 0.25) is 0 Å². The van der Waals surface area contributed by atoms with Gasteiger partial charge in [-0.3, -0.25) is 9.40 Å². The molecule has 0 aliphatic rings. The van der Waals surface area contributed by atoms with E-state index in [1.165, 1.54) is 11.7 Å². The molecule has 0 bridgehead atoms. The van der Waals surface area contributed by atoms with Crippen LogP contribution in [0.1, 0.15) is 5.48 Å². The molecule has 0 saturated heterocycles. The number of hydrogen-bond acceptors (Lipinski definition) is 2. The second-order valence-electron chi connectivity index (χ2n) is 4.10. The Labute approximate surface area is 122 Å². The summed E-state index contributed by atoms with van der Waals surface area (Å²) in [5, 5.41) is 0.270. The van der Waals surface area contributed by atoms with E-state index in [2.05, 4.69) is 10.3 Å². The van der Waals surface area contributed by atoms with Crippen LogP contribution in [0.3, 0.4) is 0 Å². The number of carbonyl (C=O) groups is 1. The fourth-order valence-electron chi connectivity index (χ4n) is 2.08. The maximum absolute atomic E-state index is 12.4. The third-order valence-electron chi connectivity index (χ3n) is 2.90. The quantitative estimate of drug-likeness (QED) is 0.725. The number of amides is 1. The molecule has 1 heterocycles. The van der Waals surface area contributed by atoms with Gasteiger partial charge in [0.05, 0.1) is 23.8 Å². The number of rotatable bonds is 2. The maximum Gasteiger partial charge on any atom is 0.350 e. The Morgan fingerprint density at radius 1 is 1.25 bits per heavy atom. The Kier molecular flexibility index (Phi) is 2.22. The number of fused-ring (bicyclic) bond motifs is 1. The second-order valence-corrected chi connectivity index (χ2v) is 4.10. The van der Waals surface area contributed by atoms with Gasteiger partial charge < -0.3 is 0 Å². The van der Waals surface area contributed by atoms with Crippen LogP contribution in [0.2, 0.25) is 0 Å². The third-order valence-corrected chi connectivity index (χ3v) is 2.90. The number of aromatic nitrogens is 1. The van der Waals surface area contributed by atoms with Crippen LogP contribution in [-0.4, -0.2) is 17.7 Å². The van der Waals surface area contributed by atoms with Gasteiger partial charge >= 0.3 is 6.03 Å². The molecule has 0 spiro atoms. The van der Waals surface area contributed by atoms with Gasteiger partial charge in [0, 0.05) is 5.39 Å². The van der Waals surface area contributed by atoms with Gasteiger partial charge in [-0.25, -0.2) is 10.3 Å². The van der Waals surface area contributed by atoms with Crippen LogP contribution in [0.25, 0.3) is 22.2 Å². The van der Waals surface area contributed by atoms with Crippen LogP contribution in [0.4, 0.5) is 4.79 Å². The zero-order valence-electron chi connectivity index (χ0n) is 14.7. The number of para-hydroxylation sites is 1. The molecule has 4 heteroatoms. The summed E-state index contributed by atoms with van der Waals surface area (Å²) in [5.41, 5.74) is 3.46. The number of nitrogens with zero attached hydrogens (tertiary/aromatic N) is 1. The summed E-state index contributed by atoms with van der Waals surface area (Å²) in [4.78, 5) is 17.1. The first kappa shape index (κ1) is 8.55. The molecule has 0 fully saturated rings. The molecular formula is C16H14N2O2. The van der Waals surface area contributed by atoms with Crippen LogP contribution in [0.5, 0.6) is 0 Å². The van der Waals surface area contributed by atoms with Crippen LogP contribution in [-0.2, 0) is 4.84 Å². The van der Waals surface area contributed by atoms with Crippen molar-refractivity contribution in [2.24, 2.45) is 0 Å². The van der Waals surface area contributed by atoms with Crippen molar-refractivity contribution in [3.05, 3.63) is 60.6 Å². The van der Waals surface area contributed by atoms with E-state index in [-0.39, 0.29) is 29.0 Å². The lowest BCUT2D eigenvalue weighted by Gasteiger charge is -2.09. The largest absolute Gasteiger partial charge is 0.350 e. The van der Waals surface area contributed by atoms with E-state index in [1.54, 1.807) is 30.3 Å². The molecule has 0 unspecified atom stereocenters. The van der Waals surface area contributed by atoms with E-state index < -0.39 is 12.1 Å². The number of hydrogen-bond donors (Lipinski definition) is 1. The molecule has 0 saturated carbocycles. The Hall–Kier alpha value is -2.59. The number of benzene rings is 2. The Morgan fingerprint density at radius 3 is 2.75 bits per heavy atom. The molecule has 4 nitrogen and oxygen atoms in total.